The lowest BCUT2D eigenvalue weighted by molar-refractivity contribution is 0.107. The second-order valence-corrected chi connectivity index (χ2v) is 11.4. The maximum absolute atomic E-state index is 15.0. The Balaban J connectivity index is 1.33. The molecule has 0 radical (unpaired) electrons. The molecule has 1 aromatic heterocycles. The van der Waals surface area contributed by atoms with E-state index in [0.717, 1.165) is 43.8 Å². The maximum Gasteiger partial charge on any atom is 0.319 e. The first-order valence-corrected chi connectivity index (χ1v) is 13.7. The number of rotatable bonds is 5. The maximum atomic E-state index is 15.0. The first-order chi connectivity index (χ1) is 19.3. The molecule has 1 unspecified atom stereocenters. The predicted molar refractivity (Wildman–Crippen MR) is 147 cm³/mol. The summed E-state index contributed by atoms with van der Waals surface area (Å²) >= 11 is 0. The molecule has 3 fully saturated rings. The quantitative estimate of drug-likeness (QED) is 0.365. The van der Waals surface area contributed by atoms with Crippen molar-refractivity contribution in [3.05, 3.63) is 54.1 Å². The van der Waals surface area contributed by atoms with Crippen LogP contribution >= 0.6 is 0 Å². The summed E-state index contributed by atoms with van der Waals surface area (Å²) in [4.78, 5) is 13.8. The fraction of sp³-hybridized carbons (Fsp3) is 0.400. The van der Waals surface area contributed by atoms with Crippen LogP contribution in [0.25, 0.3) is 32.8 Å². The van der Waals surface area contributed by atoms with Crippen LogP contribution in [0.15, 0.2) is 42.5 Å². The van der Waals surface area contributed by atoms with Crippen LogP contribution in [0.5, 0.6) is 11.8 Å². The highest BCUT2D eigenvalue weighted by Gasteiger charge is 2.49. The molecule has 3 saturated heterocycles. The van der Waals surface area contributed by atoms with Gasteiger partial charge in [0, 0.05) is 42.9 Å². The highest BCUT2D eigenvalue weighted by molar-refractivity contribution is 6.01. The number of fused-ring (bicyclic) bond motifs is 3. The molecule has 0 spiro atoms. The van der Waals surface area contributed by atoms with E-state index in [1.165, 1.54) is 18.2 Å². The molecule has 3 aromatic carbocycles. The van der Waals surface area contributed by atoms with Gasteiger partial charge >= 0.3 is 6.01 Å². The van der Waals surface area contributed by atoms with Gasteiger partial charge in [0.05, 0.1) is 11.1 Å². The molecular weight excluding hydrogens is 519 g/mol. The third-order valence-corrected chi connectivity index (χ3v) is 8.71. The van der Waals surface area contributed by atoms with Crippen molar-refractivity contribution < 1.29 is 23.0 Å². The largest absolute Gasteiger partial charge is 0.508 e. The minimum Gasteiger partial charge on any atom is -0.508 e. The summed E-state index contributed by atoms with van der Waals surface area (Å²) in [5.74, 6) is -1.31. The highest BCUT2D eigenvalue weighted by Crippen LogP contribution is 2.41. The SMILES string of the molecule is NC1CCN(c2nc(OC[C@@]34CCCN3C[C@H](F)C4)nc3cc(-c4cc(O)cc5ccc(F)c(F)c45)ccc23)C1. The normalized spacial score (nSPS) is 24.9. The molecule has 7 nitrogen and oxygen atoms in total. The summed E-state index contributed by atoms with van der Waals surface area (Å²) in [7, 11) is 0. The van der Waals surface area contributed by atoms with Crippen molar-refractivity contribution in [2.24, 2.45) is 5.73 Å². The number of alkyl halides is 1. The number of anilines is 1. The van der Waals surface area contributed by atoms with Gasteiger partial charge in [-0.25, -0.2) is 13.2 Å². The summed E-state index contributed by atoms with van der Waals surface area (Å²) in [5.41, 5.74) is 7.32. The van der Waals surface area contributed by atoms with Crippen LogP contribution in [0.2, 0.25) is 0 Å². The smallest absolute Gasteiger partial charge is 0.319 e. The second-order valence-electron chi connectivity index (χ2n) is 11.4. The van der Waals surface area contributed by atoms with Crippen molar-refractivity contribution in [1.29, 1.82) is 0 Å². The van der Waals surface area contributed by atoms with Crippen molar-refractivity contribution >= 4 is 27.5 Å². The molecule has 40 heavy (non-hydrogen) atoms. The number of phenolic OH excluding ortho intramolecular Hbond substituents is 1. The Morgan fingerprint density at radius 1 is 1.07 bits per heavy atom. The van der Waals surface area contributed by atoms with Gasteiger partial charge < -0.3 is 20.5 Å². The van der Waals surface area contributed by atoms with Crippen LogP contribution in [0.4, 0.5) is 19.0 Å². The van der Waals surface area contributed by atoms with Gasteiger partial charge in [-0.2, -0.15) is 9.97 Å². The molecule has 10 heteroatoms. The van der Waals surface area contributed by atoms with Crippen molar-refractivity contribution in [2.75, 3.05) is 37.7 Å². The Labute approximate surface area is 229 Å². The molecule has 3 aliphatic rings. The molecule has 3 atom stereocenters. The fourth-order valence-corrected chi connectivity index (χ4v) is 6.80. The number of hydrogen-bond acceptors (Lipinski definition) is 7. The van der Waals surface area contributed by atoms with Crippen LogP contribution < -0.4 is 15.4 Å². The fourth-order valence-electron chi connectivity index (χ4n) is 6.80. The van der Waals surface area contributed by atoms with Crippen LogP contribution in [-0.4, -0.2) is 70.5 Å². The molecule has 0 saturated carbocycles. The number of ether oxygens (including phenoxy) is 1. The minimum atomic E-state index is -0.978. The molecule has 0 aliphatic carbocycles. The number of aromatic hydroxyl groups is 1. The molecule has 0 amide bonds. The van der Waals surface area contributed by atoms with E-state index in [4.69, 9.17) is 20.4 Å². The van der Waals surface area contributed by atoms with Crippen LogP contribution in [0.3, 0.4) is 0 Å². The van der Waals surface area contributed by atoms with Gasteiger partial charge in [-0.05, 0) is 72.7 Å². The topological polar surface area (TPSA) is 87.7 Å². The molecule has 3 N–H and O–H groups in total. The van der Waals surface area contributed by atoms with Gasteiger partial charge in [0.2, 0.25) is 0 Å². The molecular formula is C30H30F3N5O2. The zero-order valence-corrected chi connectivity index (χ0v) is 21.9. The molecule has 4 heterocycles. The van der Waals surface area contributed by atoms with E-state index < -0.39 is 17.8 Å². The highest BCUT2D eigenvalue weighted by atomic mass is 19.2. The first-order valence-electron chi connectivity index (χ1n) is 13.7. The Bertz CT molecular complexity index is 1630. The van der Waals surface area contributed by atoms with Crippen LogP contribution in [-0.2, 0) is 0 Å². The van der Waals surface area contributed by atoms with E-state index in [2.05, 4.69) is 9.80 Å². The Hall–Kier alpha value is -3.63. The van der Waals surface area contributed by atoms with Gasteiger partial charge in [-0.3, -0.25) is 4.90 Å². The minimum absolute atomic E-state index is 0.0242. The summed E-state index contributed by atoms with van der Waals surface area (Å²) in [6.07, 6.45) is 2.27. The van der Waals surface area contributed by atoms with Crippen molar-refractivity contribution in [2.45, 2.75) is 43.4 Å². The van der Waals surface area contributed by atoms with E-state index in [1.54, 1.807) is 12.1 Å². The lowest BCUT2D eigenvalue weighted by Crippen LogP contribution is -2.43. The van der Waals surface area contributed by atoms with E-state index in [0.29, 0.717) is 54.0 Å². The van der Waals surface area contributed by atoms with E-state index in [9.17, 15) is 18.3 Å². The average Bonchev–Trinajstić information content (AvgIpc) is 3.62. The molecule has 3 aliphatic heterocycles. The zero-order valence-electron chi connectivity index (χ0n) is 21.9. The lowest BCUT2D eigenvalue weighted by Gasteiger charge is -2.31. The molecule has 7 rings (SSSR count). The van der Waals surface area contributed by atoms with Crippen molar-refractivity contribution in [3.63, 3.8) is 0 Å². The number of aromatic nitrogens is 2. The van der Waals surface area contributed by atoms with Gasteiger partial charge in [-0.15, -0.1) is 0 Å². The Kier molecular flexibility index (Phi) is 6.01. The van der Waals surface area contributed by atoms with Gasteiger partial charge in [0.1, 0.15) is 24.3 Å². The van der Waals surface area contributed by atoms with Gasteiger partial charge in [-0.1, -0.05) is 12.1 Å². The average molecular weight is 550 g/mol. The van der Waals surface area contributed by atoms with Gasteiger partial charge in [0.15, 0.2) is 11.6 Å². The van der Waals surface area contributed by atoms with E-state index >= 15 is 0 Å². The number of phenols is 1. The summed E-state index contributed by atoms with van der Waals surface area (Å²) in [6, 6.07) is 10.9. The summed E-state index contributed by atoms with van der Waals surface area (Å²) < 4.78 is 49.7. The van der Waals surface area contributed by atoms with Crippen molar-refractivity contribution in [1.82, 2.24) is 14.9 Å². The Morgan fingerprint density at radius 2 is 1.95 bits per heavy atom. The predicted octanol–water partition coefficient (Wildman–Crippen LogP) is 4.93. The van der Waals surface area contributed by atoms with E-state index in [1.807, 2.05) is 6.07 Å². The number of halogens is 3. The number of benzene rings is 3. The van der Waals surface area contributed by atoms with E-state index in [-0.39, 0.29) is 28.7 Å². The van der Waals surface area contributed by atoms with Crippen LogP contribution in [0, 0.1) is 11.6 Å². The van der Waals surface area contributed by atoms with Crippen molar-refractivity contribution in [3.8, 4) is 22.9 Å². The summed E-state index contributed by atoms with van der Waals surface area (Å²) in [6.45, 7) is 2.95. The Morgan fingerprint density at radius 3 is 2.77 bits per heavy atom. The lowest BCUT2D eigenvalue weighted by atomic mass is 9.95. The summed E-state index contributed by atoms with van der Waals surface area (Å²) in [5, 5.41) is 11.6. The third-order valence-electron chi connectivity index (χ3n) is 8.71. The third kappa shape index (κ3) is 4.21. The molecule has 0 bridgehead atoms. The van der Waals surface area contributed by atoms with Gasteiger partial charge in [0.25, 0.3) is 0 Å². The molecule has 208 valence electrons. The number of nitrogens with zero attached hydrogens (tertiary/aromatic N) is 4. The first kappa shape index (κ1) is 25.3. The van der Waals surface area contributed by atoms with Crippen LogP contribution in [0.1, 0.15) is 25.7 Å². The number of hydrogen-bond donors (Lipinski definition) is 2. The zero-order chi connectivity index (χ0) is 27.6. The molecule has 4 aromatic rings. The standard InChI is InChI=1S/C30H30F3N5O2/c31-19-13-30(7-1-8-38(30)14-19)16-40-29-35-25-11-17(2-4-22(25)28(36-29)37-9-6-20(34)15-37)23-12-21(39)10-18-3-5-24(32)27(33)26(18)23/h2-5,10-12,19-20,39H,1,6-9,13-16,34H2/t19-,20?,30+/m1/s1. The number of nitrogens with two attached hydrogens (primary N) is 1. The second kappa shape index (κ2) is 9.49. The monoisotopic (exact) mass is 549 g/mol.